The summed E-state index contributed by atoms with van der Waals surface area (Å²) < 4.78 is 10.4. The molecule has 0 spiro atoms. The van der Waals surface area contributed by atoms with E-state index in [1.807, 2.05) is 18.2 Å². The largest absolute Gasteiger partial charge is 0.493 e. The Morgan fingerprint density at radius 1 is 1.28 bits per heavy atom. The van der Waals surface area contributed by atoms with Crippen LogP contribution in [0.25, 0.3) is 0 Å². The van der Waals surface area contributed by atoms with Crippen LogP contribution in [0.3, 0.4) is 0 Å². The number of aliphatic imine (C=N–C) groups is 1. The number of guanidine groups is 1. The molecule has 0 atom stereocenters. The Kier molecular flexibility index (Phi) is 8.27. The van der Waals surface area contributed by atoms with Crippen LogP contribution in [0.2, 0.25) is 0 Å². The fraction of sp³-hybridized carbons (Fsp3) is 0.417. The van der Waals surface area contributed by atoms with Crippen LogP contribution in [0.15, 0.2) is 23.2 Å². The Bertz CT molecular complexity index is 397. The van der Waals surface area contributed by atoms with E-state index in [1.54, 1.807) is 21.3 Å². The highest BCUT2D eigenvalue weighted by Gasteiger charge is 2.04. The van der Waals surface area contributed by atoms with Crippen LogP contribution < -0.4 is 20.5 Å². The van der Waals surface area contributed by atoms with Gasteiger partial charge in [0.15, 0.2) is 17.5 Å². The van der Waals surface area contributed by atoms with Crippen molar-refractivity contribution in [3.63, 3.8) is 0 Å². The molecular formula is C12H20IN3O2. The second-order valence-corrected chi connectivity index (χ2v) is 3.47. The van der Waals surface area contributed by atoms with Gasteiger partial charge >= 0.3 is 0 Å². The molecule has 0 aliphatic heterocycles. The molecule has 18 heavy (non-hydrogen) atoms. The molecule has 0 bridgehead atoms. The van der Waals surface area contributed by atoms with Gasteiger partial charge in [-0.15, -0.1) is 24.0 Å². The highest BCUT2D eigenvalue weighted by Crippen LogP contribution is 2.27. The molecule has 0 unspecified atom stereocenters. The average molecular weight is 365 g/mol. The first-order chi connectivity index (χ1) is 8.21. The van der Waals surface area contributed by atoms with Crippen molar-refractivity contribution in [2.75, 3.05) is 27.8 Å². The summed E-state index contributed by atoms with van der Waals surface area (Å²) in [6.07, 6.45) is 0.844. The van der Waals surface area contributed by atoms with E-state index >= 15 is 0 Å². The first kappa shape index (κ1) is 16.8. The van der Waals surface area contributed by atoms with Crippen LogP contribution in [-0.4, -0.2) is 33.8 Å². The third-order valence-electron chi connectivity index (χ3n) is 2.41. The van der Waals surface area contributed by atoms with E-state index in [0.717, 1.165) is 30.0 Å². The molecule has 0 heterocycles. The van der Waals surface area contributed by atoms with Crippen molar-refractivity contribution in [1.29, 1.82) is 0 Å². The lowest BCUT2D eigenvalue weighted by molar-refractivity contribution is 0.354. The molecule has 0 saturated heterocycles. The predicted molar refractivity (Wildman–Crippen MR) is 84.2 cm³/mol. The molecule has 102 valence electrons. The maximum atomic E-state index is 5.53. The Hall–Kier alpha value is -1.18. The molecule has 0 aliphatic carbocycles. The molecule has 0 amide bonds. The number of hydrogen-bond acceptors (Lipinski definition) is 3. The zero-order valence-corrected chi connectivity index (χ0v) is 13.2. The van der Waals surface area contributed by atoms with E-state index in [0.29, 0.717) is 5.96 Å². The van der Waals surface area contributed by atoms with Gasteiger partial charge in [0.05, 0.1) is 14.2 Å². The Labute approximate surface area is 125 Å². The minimum absolute atomic E-state index is 0. The maximum Gasteiger partial charge on any atom is 0.188 e. The molecular weight excluding hydrogens is 345 g/mol. The fourth-order valence-corrected chi connectivity index (χ4v) is 1.45. The molecule has 6 heteroatoms. The molecule has 1 aromatic rings. The van der Waals surface area contributed by atoms with Crippen molar-refractivity contribution < 1.29 is 9.47 Å². The van der Waals surface area contributed by atoms with Crippen molar-refractivity contribution in [1.82, 2.24) is 5.32 Å². The van der Waals surface area contributed by atoms with Gasteiger partial charge in [0.2, 0.25) is 0 Å². The average Bonchev–Trinajstić information content (AvgIpc) is 2.38. The van der Waals surface area contributed by atoms with Gasteiger partial charge in [-0.1, -0.05) is 6.07 Å². The number of nitrogens with two attached hydrogens (primary N) is 1. The van der Waals surface area contributed by atoms with Gasteiger partial charge in [0.1, 0.15) is 0 Å². The lowest BCUT2D eigenvalue weighted by atomic mass is 10.1. The molecule has 3 N–H and O–H groups in total. The number of ether oxygens (including phenoxy) is 2. The van der Waals surface area contributed by atoms with Crippen LogP contribution >= 0.6 is 24.0 Å². The van der Waals surface area contributed by atoms with Gasteiger partial charge in [-0.3, -0.25) is 4.99 Å². The topological polar surface area (TPSA) is 68.9 Å². The summed E-state index contributed by atoms with van der Waals surface area (Å²) in [6.45, 7) is 0.735. The van der Waals surface area contributed by atoms with Crippen LogP contribution in [0.1, 0.15) is 5.56 Å². The lowest BCUT2D eigenvalue weighted by Gasteiger charge is -2.10. The van der Waals surface area contributed by atoms with Gasteiger partial charge in [0.25, 0.3) is 0 Å². The molecule has 1 aromatic carbocycles. The molecule has 1 rings (SSSR count). The minimum atomic E-state index is 0. The fourth-order valence-electron chi connectivity index (χ4n) is 1.45. The zero-order chi connectivity index (χ0) is 12.7. The molecule has 5 nitrogen and oxygen atoms in total. The van der Waals surface area contributed by atoms with E-state index in [-0.39, 0.29) is 24.0 Å². The number of hydrogen-bond donors (Lipinski definition) is 2. The minimum Gasteiger partial charge on any atom is -0.493 e. The first-order valence-corrected chi connectivity index (χ1v) is 5.38. The SMILES string of the molecule is CN=C(N)NCCc1ccc(OC)c(OC)c1.I. The number of nitrogens with one attached hydrogen (secondary N) is 1. The smallest absolute Gasteiger partial charge is 0.188 e. The van der Waals surface area contributed by atoms with E-state index in [4.69, 9.17) is 15.2 Å². The summed E-state index contributed by atoms with van der Waals surface area (Å²) >= 11 is 0. The van der Waals surface area contributed by atoms with Gasteiger partial charge < -0.3 is 20.5 Å². The van der Waals surface area contributed by atoms with Gasteiger partial charge in [-0.2, -0.15) is 0 Å². The van der Waals surface area contributed by atoms with Crippen LogP contribution in [-0.2, 0) is 6.42 Å². The Balaban J connectivity index is 0.00000289. The number of methoxy groups -OCH3 is 2. The number of benzene rings is 1. The van der Waals surface area contributed by atoms with E-state index in [1.165, 1.54) is 0 Å². The number of rotatable bonds is 5. The standard InChI is InChI=1S/C12H19N3O2.HI/c1-14-12(13)15-7-6-9-4-5-10(16-2)11(8-9)17-3;/h4-5,8H,6-7H2,1-3H3,(H3,13,14,15);1H. The second kappa shape index (κ2) is 8.84. The summed E-state index contributed by atoms with van der Waals surface area (Å²) in [5, 5.41) is 3.00. The summed E-state index contributed by atoms with van der Waals surface area (Å²) in [6, 6.07) is 5.85. The molecule has 0 aromatic heterocycles. The van der Waals surface area contributed by atoms with Crippen molar-refractivity contribution in [3.05, 3.63) is 23.8 Å². The predicted octanol–water partition coefficient (Wildman–Crippen LogP) is 1.40. The third-order valence-corrected chi connectivity index (χ3v) is 2.41. The van der Waals surface area contributed by atoms with E-state index in [9.17, 15) is 0 Å². The second-order valence-electron chi connectivity index (χ2n) is 3.47. The molecule has 0 saturated carbocycles. The van der Waals surface area contributed by atoms with Crippen molar-refractivity contribution in [2.45, 2.75) is 6.42 Å². The van der Waals surface area contributed by atoms with E-state index < -0.39 is 0 Å². The zero-order valence-electron chi connectivity index (χ0n) is 10.9. The van der Waals surface area contributed by atoms with Crippen LogP contribution in [0, 0.1) is 0 Å². The Morgan fingerprint density at radius 2 is 1.94 bits per heavy atom. The Morgan fingerprint density at radius 3 is 2.50 bits per heavy atom. The third kappa shape index (κ3) is 4.99. The monoisotopic (exact) mass is 365 g/mol. The number of nitrogens with zero attached hydrogens (tertiary/aromatic N) is 1. The van der Waals surface area contributed by atoms with Gasteiger partial charge in [-0.25, -0.2) is 0 Å². The quantitative estimate of drug-likeness (QED) is 0.470. The summed E-state index contributed by atoms with van der Waals surface area (Å²) in [5.74, 6) is 1.92. The molecule has 0 radical (unpaired) electrons. The highest BCUT2D eigenvalue weighted by molar-refractivity contribution is 14.0. The lowest BCUT2D eigenvalue weighted by Crippen LogP contribution is -2.32. The summed E-state index contributed by atoms with van der Waals surface area (Å²) in [4.78, 5) is 3.82. The van der Waals surface area contributed by atoms with Crippen LogP contribution in [0.5, 0.6) is 11.5 Å². The van der Waals surface area contributed by atoms with Crippen molar-refractivity contribution >= 4 is 29.9 Å². The summed E-state index contributed by atoms with van der Waals surface area (Å²) in [7, 11) is 4.90. The highest BCUT2D eigenvalue weighted by atomic mass is 127. The molecule has 0 fully saturated rings. The van der Waals surface area contributed by atoms with Crippen LogP contribution in [0.4, 0.5) is 0 Å². The number of halogens is 1. The summed E-state index contributed by atoms with van der Waals surface area (Å²) in [5.41, 5.74) is 6.68. The maximum absolute atomic E-state index is 5.53. The molecule has 0 aliphatic rings. The van der Waals surface area contributed by atoms with Gasteiger partial charge in [0, 0.05) is 13.6 Å². The van der Waals surface area contributed by atoms with E-state index in [2.05, 4.69) is 10.3 Å². The normalized spacial score (nSPS) is 10.5. The first-order valence-electron chi connectivity index (χ1n) is 5.38. The van der Waals surface area contributed by atoms with Gasteiger partial charge in [-0.05, 0) is 24.1 Å². The van der Waals surface area contributed by atoms with Crippen molar-refractivity contribution in [2.24, 2.45) is 10.7 Å². The van der Waals surface area contributed by atoms with Crippen molar-refractivity contribution in [3.8, 4) is 11.5 Å².